The zero-order valence-corrected chi connectivity index (χ0v) is 63.2. The van der Waals surface area contributed by atoms with Crippen LogP contribution >= 0.6 is 46.1 Å². The predicted octanol–water partition coefficient (Wildman–Crippen LogP) is -6.49. The molecule has 0 spiro atoms. The van der Waals surface area contributed by atoms with Crippen molar-refractivity contribution in [2.24, 2.45) is 20.5 Å². The molecule has 0 atom stereocenters. The van der Waals surface area contributed by atoms with Crippen molar-refractivity contribution in [3.8, 4) is 23.3 Å². The van der Waals surface area contributed by atoms with Gasteiger partial charge in [0.1, 0.15) is 44.3 Å². The first-order valence-corrected chi connectivity index (χ1v) is 26.2. The molecule has 0 unspecified atom stereocenters. The third-order valence-corrected chi connectivity index (χ3v) is 12.2. The Morgan fingerprint density at radius 1 is 0.628 bits per heavy atom. The number of hydrogen-bond donors (Lipinski definition) is 2. The van der Waals surface area contributed by atoms with E-state index in [9.17, 15) is 36.5 Å². The van der Waals surface area contributed by atoms with E-state index in [0.29, 0.717) is 32.2 Å². The summed E-state index contributed by atoms with van der Waals surface area (Å²) in [6.07, 6.45) is 0. The van der Waals surface area contributed by atoms with Gasteiger partial charge >= 0.3 is 289 Å². The van der Waals surface area contributed by atoms with Gasteiger partial charge in [0, 0.05) is 27.5 Å². The first-order valence-electron chi connectivity index (χ1n) is 18.4. The van der Waals surface area contributed by atoms with Crippen LogP contribution in [0, 0.1) is 47.8 Å². The van der Waals surface area contributed by atoms with E-state index >= 15 is 0 Å². The molecule has 2 N–H and O–H groups in total. The van der Waals surface area contributed by atoms with Gasteiger partial charge in [-0.15, -0.1) is 83.0 Å². The number of aromatic nitrogens is 1. The fourth-order valence-electron chi connectivity index (χ4n) is 5.76. The van der Waals surface area contributed by atoms with Crippen LogP contribution in [0.4, 0.5) is 44.4 Å². The number of anilines is 4. The van der Waals surface area contributed by atoms with Crippen LogP contribution in [-0.2, 0) is 52.1 Å². The average Bonchev–Trinajstić information content (AvgIpc) is 3.65. The molecule has 7 aromatic rings. The van der Waals surface area contributed by atoms with Crippen LogP contribution in [0.25, 0.3) is 21.9 Å². The molecule has 0 bridgehead atoms. The van der Waals surface area contributed by atoms with Gasteiger partial charge in [0.15, 0.2) is 10.8 Å². The Balaban J connectivity index is 0. The van der Waals surface area contributed by atoms with Crippen molar-refractivity contribution in [2.45, 2.75) is 16.7 Å². The fourth-order valence-corrected chi connectivity index (χ4v) is 8.55. The van der Waals surface area contributed by atoms with E-state index < -0.39 is 61.9 Å². The van der Waals surface area contributed by atoms with Crippen molar-refractivity contribution in [1.29, 1.82) is 10.5 Å². The molecule has 0 aliphatic rings. The van der Waals surface area contributed by atoms with E-state index in [4.69, 9.17) is 72.7 Å². The number of halogens is 3. The van der Waals surface area contributed by atoms with Crippen molar-refractivity contribution < 1.29 is 321 Å². The van der Waals surface area contributed by atoms with Crippen LogP contribution in [0.2, 0.25) is 15.1 Å². The van der Waals surface area contributed by atoms with Gasteiger partial charge < -0.3 is 19.7 Å². The summed E-state index contributed by atoms with van der Waals surface area (Å²) in [4.78, 5) is 3.41. The first kappa shape index (κ1) is 80.8. The third-order valence-electron chi connectivity index (χ3n) is 8.58. The molecule has 0 saturated carbocycles. The molecule has 0 aliphatic heterocycles. The summed E-state index contributed by atoms with van der Waals surface area (Å²) < 4.78 is 147. The number of rotatable bonds is 11. The molecule has 0 fully saturated rings. The number of nitrogens with zero attached hydrogens (tertiary/aromatic N) is 7. The molecule has 376 valence electrons. The SMILES string of the molecule is Cc1c(C#N)c(Nc2ccc(Cl)c(S(=O)(=O)[O-])c2)nc(Nc2c[c-]c(Cl)cc2)c1N=Nc1sc(N=Nc2c[c-]c3c[c-]cc(S(=O)(=O)[O-])c3c2)c(-c2ccc(Cl)cc2)c1C#N.O=S(=O)=O.O=S(=O)=O.O=S(=O)=O.[K+].[K+].[K+].[K+].[K+]. The maximum atomic E-state index is 12.0. The minimum Gasteiger partial charge on any atom is -0.755 e. The Labute approximate surface area is 680 Å². The summed E-state index contributed by atoms with van der Waals surface area (Å²) in [5, 5.41) is 45.5. The monoisotopic (exact) mass is 1360 g/mol. The van der Waals surface area contributed by atoms with Gasteiger partial charge in [-0.2, -0.15) is 34.8 Å². The molecule has 0 radical (unpaired) electrons. The first-order chi connectivity index (χ1) is 34.2. The molecule has 0 aliphatic carbocycles. The fraction of sp³-hybridized carbons (Fsp3) is 0.0250. The molecule has 2 heterocycles. The molecule has 0 amide bonds. The Hall–Kier alpha value is 0.722. The van der Waals surface area contributed by atoms with E-state index in [1.165, 1.54) is 36.4 Å². The largest absolute Gasteiger partial charge is 1.00 e. The van der Waals surface area contributed by atoms with Gasteiger partial charge in [-0.25, -0.2) is 36.0 Å². The summed E-state index contributed by atoms with van der Waals surface area (Å²) in [5.41, 5.74) is 1.79. The number of fused-ring (bicyclic) bond motifs is 1. The van der Waals surface area contributed by atoms with E-state index in [-0.39, 0.29) is 323 Å². The van der Waals surface area contributed by atoms with Crippen LogP contribution in [0.1, 0.15) is 16.7 Å². The van der Waals surface area contributed by atoms with Gasteiger partial charge in [-0.05, 0) is 42.8 Å². The van der Waals surface area contributed by atoms with Crippen LogP contribution < -0.4 is 268 Å². The van der Waals surface area contributed by atoms with Crippen molar-refractivity contribution in [3.63, 3.8) is 0 Å². The second kappa shape index (κ2) is 38.7. The van der Waals surface area contributed by atoms with Gasteiger partial charge in [-0.3, -0.25) is 19.9 Å². The number of hydrogen-bond acceptors (Lipinski definition) is 25. The van der Waals surface area contributed by atoms with E-state index in [1.54, 1.807) is 43.3 Å². The van der Waals surface area contributed by atoms with Gasteiger partial charge in [0.2, 0.25) is 0 Å². The summed E-state index contributed by atoms with van der Waals surface area (Å²) in [6, 6.07) is 32.8. The number of benzene rings is 5. The van der Waals surface area contributed by atoms with Crippen LogP contribution in [-0.4, -0.2) is 68.8 Å². The van der Waals surface area contributed by atoms with Gasteiger partial charge in [0.05, 0.1) is 25.6 Å². The number of nitrogens with one attached hydrogen (secondary N) is 2. The molecule has 7 rings (SSSR count). The molecule has 2 aromatic heterocycles. The maximum absolute atomic E-state index is 12.0. The molecule has 5 aromatic carbocycles. The van der Waals surface area contributed by atoms with Crippen molar-refractivity contribution in [3.05, 3.63) is 135 Å². The average molecular weight is 1360 g/mol. The number of nitriles is 2. The summed E-state index contributed by atoms with van der Waals surface area (Å²) >= 11 is 19.1. The summed E-state index contributed by atoms with van der Waals surface area (Å²) in [6.45, 7) is 1.56. The van der Waals surface area contributed by atoms with E-state index in [1.807, 2.05) is 0 Å². The zero-order chi connectivity index (χ0) is 54.4. The normalized spacial score (nSPS) is 10.2. The van der Waals surface area contributed by atoms with Gasteiger partial charge in [0.25, 0.3) is 0 Å². The van der Waals surface area contributed by atoms with Crippen molar-refractivity contribution in [1.82, 2.24) is 4.98 Å². The van der Waals surface area contributed by atoms with Crippen molar-refractivity contribution in [2.75, 3.05) is 10.6 Å². The quantitative estimate of drug-likeness (QED) is 0.0526. The Morgan fingerprint density at radius 3 is 1.69 bits per heavy atom. The second-order valence-corrected chi connectivity index (χ2v) is 19.2. The summed E-state index contributed by atoms with van der Waals surface area (Å²) in [5.74, 6) is -0.0109. The van der Waals surface area contributed by atoms with E-state index in [0.717, 1.165) is 23.5 Å². The zero-order valence-electron chi connectivity index (χ0n) is 40.4. The minimum atomic E-state index is -4.96. The molecular weight excluding hydrogens is 1340 g/mol. The smallest absolute Gasteiger partial charge is 0.755 e. The number of azo groups is 2. The summed E-state index contributed by atoms with van der Waals surface area (Å²) in [7, 11) is -19.2. The van der Waals surface area contributed by atoms with Crippen LogP contribution in [0.3, 0.4) is 0 Å². The molecule has 24 nitrogen and oxygen atoms in total. The second-order valence-electron chi connectivity index (χ2n) is 13.1. The topological polar surface area (TPSA) is 402 Å². The third kappa shape index (κ3) is 25.7. The predicted molar refractivity (Wildman–Crippen MR) is 256 cm³/mol. The Kier molecular flexibility index (Phi) is 40.1. The molecule has 38 heteroatoms. The maximum Gasteiger partial charge on any atom is 1.00 e. The molecule has 78 heavy (non-hydrogen) atoms. The van der Waals surface area contributed by atoms with E-state index in [2.05, 4.69) is 66.4 Å². The molecule has 0 saturated heterocycles. The Bertz CT molecular complexity index is 3970. The van der Waals surface area contributed by atoms with Crippen LogP contribution in [0.5, 0.6) is 0 Å². The minimum absolute atomic E-state index is 0. The van der Waals surface area contributed by atoms with Crippen LogP contribution in [0.15, 0.2) is 115 Å². The molecular formula is C40H19Cl3K5N9O15S6. The number of thiophene rings is 1. The Morgan fingerprint density at radius 2 is 1.17 bits per heavy atom. The standard InChI is InChI=1S/C40H21Cl3N9O6S3.5K.3O3S/c1-21-30(19-44)37(47-27-15-16-32(43)34(18-27)61(56,57)58)48-38(46-26-13-10-25(42)11-14-26)36(21)50-51-39-31(20-45)35(23-5-8-24(41)9-6-23)40(59-39)52-49-28-12-7-22-3-2-4-33(29(22)17-28)60(53,54)55;;;;;;3*1-4(2)3/h3-6,8-10,12-18H,1H3,(H2,46,47,48)(H,53,54,55)(H,56,57,58);;;;;;;;/q-3;5*+1;;;/p-2. The number of pyridine rings is 1. The van der Waals surface area contributed by atoms with Gasteiger partial charge in [-0.1, -0.05) is 62.3 Å². The van der Waals surface area contributed by atoms with Crippen molar-refractivity contribution >= 4 is 153 Å².